The van der Waals surface area contributed by atoms with Gasteiger partial charge in [0.25, 0.3) is 0 Å². The van der Waals surface area contributed by atoms with Gasteiger partial charge in [-0.1, -0.05) is 11.3 Å². The number of nitrogens with one attached hydrogen (secondary N) is 1. The Morgan fingerprint density at radius 2 is 2.31 bits per heavy atom. The van der Waals surface area contributed by atoms with Crippen molar-refractivity contribution in [3.8, 4) is 17.0 Å². The van der Waals surface area contributed by atoms with E-state index in [0.29, 0.717) is 17.9 Å². The van der Waals surface area contributed by atoms with E-state index in [1.54, 1.807) is 24.4 Å². The van der Waals surface area contributed by atoms with Crippen molar-refractivity contribution in [3.63, 3.8) is 0 Å². The zero-order chi connectivity index (χ0) is 11.5. The molecule has 1 aromatic carbocycles. The molecule has 0 aliphatic heterocycles. The van der Waals surface area contributed by atoms with Crippen LogP contribution in [0.4, 0.5) is 4.39 Å². The second-order valence-corrected chi connectivity index (χ2v) is 3.98. The first kappa shape index (κ1) is 10.9. The van der Waals surface area contributed by atoms with E-state index in [2.05, 4.69) is 4.98 Å². The van der Waals surface area contributed by atoms with Crippen molar-refractivity contribution >= 4 is 11.3 Å². The van der Waals surface area contributed by atoms with Crippen molar-refractivity contribution in [1.82, 2.24) is 4.98 Å². The summed E-state index contributed by atoms with van der Waals surface area (Å²) in [4.78, 5) is 13.4. The van der Waals surface area contributed by atoms with Gasteiger partial charge in [-0.15, -0.1) is 0 Å². The average Bonchev–Trinajstić information content (AvgIpc) is 2.68. The van der Waals surface area contributed by atoms with Gasteiger partial charge in [0.15, 0.2) is 11.6 Å². The number of aromatic amines is 1. The van der Waals surface area contributed by atoms with Gasteiger partial charge in [0.2, 0.25) is 0 Å². The Morgan fingerprint density at radius 3 is 2.88 bits per heavy atom. The van der Waals surface area contributed by atoms with Gasteiger partial charge in [0.1, 0.15) is 0 Å². The lowest BCUT2D eigenvalue weighted by Crippen LogP contribution is -1.96. The summed E-state index contributed by atoms with van der Waals surface area (Å²) in [5.74, 6) is -0.199. The Morgan fingerprint density at radius 1 is 1.50 bits per heavy atom. The molecule has 0 bridgehead atoms. The molecule has 0 atom stereocenters. The maximum Gasteiger partial charge on any atom is 0.304 e. The summed E-state index contributed by atoms with van der Waals surface area (Å²) in [6, 6.07) is 4.62. The molecule has 0 fully saturated rings. The van der Waals surface area contributed by atoms with Crippen molar-refractivity contribution in [2.24, 2.45) is 0 Å². The fourth-order valence-electron chi connectivity index (χ4n) is 1.36. The molecule has 0 aliphatic carbocycles. The molecule has 16 heavy (non-hydrogen) atoms. The summed E-state index contributed by atoms with van der Waals surface area (Å²) in [6.07, 6.45) is 0. The van der Waals surface area contributed by atoms with E-state index in [1.807, 2.05) is 0 Å². The maximum atomic E-state index is 13.5. The molecule has 1 aromatic heterocycles. The van der Waals surface area contributed by atoms with Gasteiger partial charge in [-0.05, 0) is 25.1 Å². The number of hydrogen-bond acceptors (Lipinski definition) is 3. The van der Waals surface area contributed by atoms with Crippen LogP contribution in [0, 0.1) is 5.82 Å². The molecule has 1 N–H and O–H groups in total. The van der Waals surface area contributed by atoms with Crippen molar-refractivity contribution < 1.29 is 9.13 Å². The highest BCUT2D eigenvalue weighted by molar-refractivity contribution is 7.07. The second kappa shape index (κ2) is 4.49. The highest BCUT2D eigenvalue weighted by Gasteiger charge is 2.06. The third-order valence-corrected chi connectivity index (χ3v) is 2.73. The van der Waals surface area contributed by atoms with Gasteiger partial charge >= 0.3 is 4.87 Å². The summed E-state index contributed by atoms with van der Waals surface area (Å²) in [5.41, 5.74) is 1.26. The molecule has 3 nitrogen and oxygen atoms in total. The van der Waals surface area contributed by atoms with E-state index in [9.17, 15) is 9.18 Å². The minimum absolute atomic E-state index is 0.149. The van der Waals surface area contributed by atoms with E-state index in [0.717, 1.165) is 11.3 Å². The number of thiazole rings is 1. The summed E-state index contributed by atoms with van der Waals surface area (Å²) >= 11 is 1.05. The largest absolute Gasteiger partial charge is 0.491 e. The number of ether oxygens (including phenoxy) is 1. The summed E-state index contributed by atoms with van der Waals surface area (Å²) < 4.78 is 18.6. The predicted octanol–water partition coefficient (Wildman–Crippen LogP) is 2.64. The normalized spacial score (nSPS) is 10.4. The quantitative estimate of drug-likeness (QED) is 0.894. The fraction of sp³-hybridized carbons (Fsp3) is 0.182. The van der Waals surface area contributed by atoms with Crippen molar-refractivity contribution in [3.05, 3.63) is 39.1 Å². The van der Waals surface area contributed by atoms with Crippen LogP contribution in [0.2, 0.25) is 0 Å². The Hall–Kier alpha value is -1.62. The smallest absolute Gasteiger partial charge is 0.304 e. The minimum Gasteiger partial charge on any atom is -0.491 e. The zero-order valence-electron chi connectivity index (χ0n) is 8.62. The van der Waals surface area contributed by atoms with E-state index >= 15 is 0 Å². The van der Waals surface area contributed by atoms with E-state index in [1.165, 1.54) is 6.07 Å². The number of aromatic nitrogens is 1. The molecule has 0 saturated heterocycles. The summed E-state index contributed by atoms with van der Waals surface area (Å²) in [7, 11) is 0. The molecule has 0 amide bonds. The average molecular weight is 239 g/mol. The van der Waals surface area contributed by atoms with Crippen molar-refractivity contribution in [1.29, 1.82) is 0 Å². The number of benzene rings is 1. The molecule has 84 valence electrons. The fourth-order valence-corrected chi connectivity index (χ4v) is 1.95. The van der Waals surface area contributed by atoms with Gasteiger partial charge in [-0.3, -0.25) is 4.79 Å². The van der Waals surface area contributed by atoms with Crippen LogP contribution in [-0.2, 0) is 0 Å². The topological polar surface area (TPSA) is 42.1 Å². The van der Waals surface area contributed by atoms with Gasteiger partial charge in [0, 0.05) is 10.9 Å². The van der Waals surface area contributed by atoms with Crippen molar-refractivity contribution in [2.75, 3.05) is 6.61 Å². The molecular formula is C11H10FNO2S. The Balaban J connectivity index is 2.37. The highest BCUT2D eigenvalue weighted by atomic mass is 32.1. The van der Waals surface area contributed by atoms with E-state index in [4.69, 9.17) is 4.74 Å². The Kier molecular flexibility index (Phi) is 3.05. The predicted molar refractivity (Wildman–Crippen MR) is 61.5 cm³/mol. The first-order valence-electron chi connectivity index (χ1n) is 4.81. The molecule has 0 spiro atoms. The third kappa shape index (κ3) is 2.14. The van der Waals surface area contributed by atoms with Gasteiger partial charge < -0.3 is 9.72 Å². The van der Waals surface area contributed by atoms with Crippen LogP contribution in [0.25, 0.3) is 11.3 Å². The lowest BCUT2D eigenvalue weighted by Gasteiger charge is -2.05. The van der Waals surface area contributed by atoms with Crippen LogP contribution in [0.3, 0.4) is 0 Å². The summed E-state index contributed by atoms with van der Waals surface area (Å²) in [5, 5.41) is 1.66. The zero-order valence-corrected chi connectivity index (χ0v) is 9.44. The van der Waals surface area contributed by atoms with Crippen LogP contribution in [0.1, 0.15) is 6.92 Å². The molecule has 0 radical (unpaired) electrons. The highest BCUT2D eigenvalue weighted by Crippen LogP contribution is 2.24. The van der Waals surface area contributed by atoms with Crippen LogP contribution in [0.5, 0.6) is 5.75 Å². The Labute approximate surface area is 95.5 Å². The molecule has 5 heteroatoms. The monoisotopic (exact) mass is 239 g/mol. The second-order valence-electron chi connectivity index (χ2n) is 3.14. The number of halogens is 1. The molecular weight excluding hydrogens is 229 g/mol. The van der Waals surface area contributed by atoms with Gasteiger partial charge in [-0.25, -0.2) is 4.39 Å². The Bertz CT molecular complexity index is 547. The third-order valence-electron chi connectivity index (χ3n) is 2.06. The van der Waals surface area contributed by atoms with Gasteiger partial charge in [0.05, 0.1) is 12.3 Å². The standard InChI is InChI=1S/C11H10FNO2S/c1-2-15-10-4-3-7(5-8(10)12)9-6-16-11(14)13-9/h3-6H,2H2,1H3,(H,13,14). The van der Waals surface area contributed by atoms with Crippen molar-refractivity contribution in [2.45, 2.75) is 6.92 Å². The number of H-pyrrole nitrogens is 1. The van der Waals surface area contributed by atoms with Crippen LogP contribution < -0.4 is 9.61 Å². The first-order valence-corrected chi connectivity index (χ1v) is 5.69. The SMILES string of the molecule is CCOc1ccc(-c2csc(=O)[nH]2)cc1F. The number of hydrogen-bond donors (Lipinski definition) is 1. The first-order chi connectivity index (χ1) is 7.70. The molecule has 0 saturated carbocycles. The minimum atomic E-state index is -0.425. The maximum absolute atomic E-state index is 13.5. The van der Waals surface area contributed by atoms with Crippen LogP contribution >= 0.6 is 11.3 Å². The molecule has 1 heterocycles. The van der Waals surface area contributed by atoms with Crippen LogP contribution in [-0.4, -0.2) is 11.6 Å². The van der Waals surface area contributed by atoms with E-state index < -0.39 is 5.82 Å². The molecule has 2 aromatic rings. The molecule has 0 aliphatic rings. The van der Waals surface area contributed by atoms with Crippen LogP contribution in [0.15, 0.2) is 28.4 Å². The lowest BCUT2D eigenvalue weighted by atomic mass is 10.1. The molecule has 2 rings (SSSR count). The van der Waals surface area contributed by atoms with Gasteiger partial charge in [-0.2, -0.15) is 0 Å². The van der Waals surface area contributed by atoms with E-state index in [-0.39, 0.29) is 10.6 Å². The molecule has 0 unspecified atom stereocenters. The lowest BCUT2D eigenvalue weighted by molar-refractivity contribution is 0.321. The summed E-state index contributed by atoms with van der Waals surface area (Å²) in [6.45, 7) is 2.22. The number of rotatable bonds is 3.